The second kappa shape index (κ2) is 11.2. The van der Waals surface area contributed by atoms with Crippen molar-refractivity contribution in [3.63, 3.8) is 0 Å². The lowest BCUT2D eigenvalue weighted by molar-refractivity contribution is -0.137. The van der Waals surface area contributed by atoms with E-state index in [1.165, 1.54) is 24.1 Å². The van der Waals surface area contributed by atoms with Crippen LogP contribution in [0.2, 0.25) is 0 Å². The van der Waals surface area contributed by atoms with Crippen LogP contribution < -0.4 is 10.9 Å². The average Bonchev–Trinajstić information content (AvgIpc) is 2.91. The molecular weight excluding hydrogens is 523 g/mol. The van der Waals surface area contributed by atoms with Gasteiger partial charge in [-0.2, -0.15) is 13.2 Å². The molecule has 0 unspecified atom stereocenters. The summed E-state index contributed by atoms with van der Waals surface area (Å²) in [5.74, 6) is -0.544. The van der Waals surface area contributed by atoms with Crippen LogP contribution >= 0.6 is 11.8 Å². The summed E-state index contributed by atoms with van der Waals surface area (Å²) < 4.78 is 40.9. The van der Waals surface area contributed by atoms with E-state index >= 15 is 0 Å². The first-order valence-corrected chi connectivity index (χ1v) is 14.5. The van der Waals surface area contributed by atoms with E-state index in [1.54, 1.807) is 4.57 Å². The number of anilines is 1. The van der Waals surface area contributed by atoms with E-state index < -0.39 is 17.6 Å². The summed E-state index contributed by atoms with van der Waals surface area (Å²) in [6.45, 7) is 2.57. The van der Waals surface area contributed by atoms with Gasteiger partial charge in [0.25, 0.3) is 5.56 Å². The second-order valence-corrected chi connectivity index (χ2v) is 11.5. The summed E-state index contributed by atoms with van der Waals surface area (Å²) in [6.07, 6.45) is 3.31. The fraction of sp³-hybridized carbons (Fsp3) is 0.433. The van der Waals surface area contributed by atoms with Crippen LogP contribution in [0.25, 0.3) is 11.3 Å². The average molecular weight is 556 g/mol. The molecule has 0 radical (unpaired) electrons. The van der Waals surface area contributed by atoms with Gasteiger partial charge >= 0.3 is 6.18 Å². The number of benzene rings is 2. The van der Waals surface area contributed by atoms with Gasteiger partial charge in [-0.25, -0.2) is 4.98 Å². The van der Waals surface area contributed by atoms with Crippen LogP contribution in [-0.4, -0.2) is 21.2 Å². The van der Waals surface area contributed by atoms with E-state index in [9.17, 15) is 22.8 Å². The Labute approximate surface area is 230 Å². The summed E-state index contributed by atoms with van der Waals surface area (Å²) in [6, 6.07) is 12.7. The molecule has 3 aromatic rings. The lowest BCUT2D eigenvalue weighted by atomic mass is 9.62. The van der Waals surface area contributed by atoms with Gasteiger partial charge in [-0.3, -0.25) is 14.2 Å². The smallest absolute Gasteiger partial charge is 0.325 e. The Hall–Kier alpha value is -3.07. The Morgan fingerprint density at radius 2 is 1.87 bits per heavy atom. The van der Waals surface area contributed by atoms with Crippen molar-refractivity contribution >= 4 is 23.4 Å². The maximum Gasteiger partial charge on any atom is 0.416 e. The van der Waals surface area contributed by atoms with Crippen molar-refractivity contribution in [1.82, 2.24) is 9.55 Å². The predicted molar refractivity (Wildman–Crippen MR) is 148 cm³/mol. The van der Waals surface area contributed by atoms with Gasteiger partial charge < -0.3 is 5.32 Å². The Kier molecular flexibility index (Phi) is 7.89. The number of nitrogens with one attached hydrogen (secondary N) is 1. The quantitative estimate of drug-likeness (QED) is 0.247. The summed E-state index contributed by atoms with van der Waals surface area (Å²) in [5.41, 5.74) is 2.71. The molecule has 206 valence electrons. The number of thioether (sulfide) groups is 1. The molecule has 0 aliphatic heterocycles. The van der Waals surface area contributed by atoms with Gasteiger partial charge in [-0.05, 0) is 49.4 Å². The molecule has 1 spiro atoms. The van der Waals surface area contributed by atoms with Gasteiger partial charge in [-0.1, -0.05) is 74.7 Å². The van der Waals surface area contributed by atoms with Crippen molar-refractivity contribution in [3.8, 4) is 11.3 Å². The van der Waals surface area contributed by atoms with Crippen LogP contribution in [0, 0.1) is 0 Å². The highest BCUT2D eigenvalue weighted by Crippen LogP contribution is 2.48. The van der Waals surface area contributed by atoms with Gasteiger partial charge in [0, 0.05) is 23.2 Å². The molecular formula is C30H32F3N3O2S. The fourth-order valence-corrected chi connectivity index (χ4v) is 6.76. The van der Waals surface area contributed by atoms with Crippen LogP contribution in [0.15, 0.2) is 58.5 Å². The van der Waals surface area contributed by atoms with Crippen LogP contribution in [0.4, 0.5) is 18.9 Å². The number of aromatic nitrogens is 2. The van der Waals surface area contributed by atoms with Crippen molar-refractivity contribution in [1.29, 1.82) is 0 Å². The standard InChI is InChI=1S/C30H32F3N3O2S/c1-2-3-16-36-27(38)25-26(23-13-6-5-10-20(23)18-29(25)14-7-4-8-15-29)35-28(36)39-19-24(37)34-22-12-9-11-21(17-22)30(31,32)33/h5-6,9-13,17H,2-4,7-8,14-16,18-19H2,1H3,(H,34,37). The number of carbonyl (C=O) groups excluding carboxylic acids is 1. The molecule has 0 saturated heterocycles. The number of hydrogen-bond acceptors (Lipinski definition) is 4. The van der Waals surface area contributed by atoms with E-state index in [1.807, 2.05) is 18.2 Å². The Morgan fingerprint density at radius 3 is 2.62 bits per heavy atom. The van der Waals surface area contributed by atoms with Gasteiger partial charge in [0.1, 0.15) is 0 Å². The SMILES string of the molecule is CCCCn1c(SCC(=O)Nc2cccc(C(F)(F)F)c2)nc2c(c1=O)C1(CCCCC1)Cc1ccccc1-2. The number of unbranched alkanes of at least 4 members (excludes halogenated alkanes) is 1. The van der Waals surface area contributed by atoms with Crippen molar-refractivity contribution in [3.05, 3.63) is 75.6 Å². The molecule has 2 aliphatic rings. The predicted octanol–water partition coefficient (Wildman–Crippen LogP) is 7.22. The van der Waals surface area contributed by atoms with Crippen molar-refractivity contribution in [2.24, 2.45) is 0 Å². The van der Waals surface area contributed by atoms with Gasteiger partial charge in [-0.15, -0.1) is 0 Å². The molecule has 0 bridgehead atoms. The van der Waals surface area contributed by atoms with Crippen LogP contribution in [0.1, 0.15) is 68.6 Å². The first kappa shape index (κ1) is 27.5. The van der Waals surface area contributed by atoms with E-state index in [0.717, 1.165) is 85.7 Å². The number of halogens is 3. The van der Waals surface area contributed by atoms with Crippen LogP contribution in [-0.2, 0) is 29.4 Å². The van der Waals surface area contributed by atoms with E-state index in [0.29, 0.717) is 11.7 Å². The van der Waals surface area contributed by atoms with Crippen LogP contribution in [0.3, 0.4) is 0 Å². The lowest BCUT2D eigenvalue weighted by Crippen LogP contribution is -2.43. The Morgan fingerprint density at radius 1 is 1.10 bits per heavy atom. The first-order chi connectivity index (χ1) is 18.7. The zero-order valence-corrected chi connectivity index (χ0v) is 22.8. The summed E-state index contributed by atoms with van der Waals surface area (Å²) in [4.78, 5) is 32.0. The van der Waals surface area contributed by atoms with E-state index in [-0.39, 0.29) is 22.4 Å². The number of nitrogens with zero attached hydrogens (tertiary/aromatic N) is 2. The third-order valence-electron chi connectivity index (χ3n) is 7.82. The molecule has 1 amide bonds. The molecule has 1 heterocycles. The molecule has 1 N–H and O–H groups in total. The number of alkyl halides is 3. The summed E-state index contributed by atoms with van der Waals surface area (Å²) in [7, 11) is 0. The minimum atomic E-state index is -4.50. The second-order valence-electron chi connectivity index (χ2n) is 10.5. The largest absolute Gasteiger partial charge is 0.416 e. The van der Waals surface area contributed by atoms with Gasteiger partial charge in [0.2, 0.25) is 5.91 Å². The maximum absolute atomic E-state index is 14.2. The molecule has 2 aromatic carbocycles. The Bertz CT molecular complexity index is 1430. The number of fused-ring (bicyclic) bond motifs is 4. The molecule has 1 fully saturated rings. The fourth-order valence-electron chi connectivity index (χ4n) is 5.95. The van der Waals surface area contributed by atoms with Gasteiger partial charge in [0.05, 0.1) is 22.6 Å². The highest BCUT2D eigenvalue weighted by Gasteiger charge is 2.43. The van der Waals surface area contributed by atoms with E-state index in [4.69, 9.17) is 4.98 Å². The lowest BCUT2D eigenvalue weighted by Gasteiger charge is -2.42. The molecule has 5 nitrogen and oxygen atoms in total. The van der Waals surface area contributed by atoms with Crippen molar-refractivity contribution in [2.45, 2.75) is 81.6 Å². The highest BCUT2D eigenvalue weighted by atomic mass is 32.2. The zero-order chi connectivity index (χ0) is 27.6. The Balaban J connectivity index is 1.48. The minimum absolute atomic E-state index is 0.0226. The highest BCUT2D eigenvalue weighted by molar-refractivity contribution is 7.99. The molecule has 39 heavy (non-hydrogen) atoms. The molecule has 5 rings (SSSR count). The third-order valence-corrected chi connectivity index (χ3v) is 8.79. The number of amides is 1. The minimum Gasteiger partial charge on any atom is -0.325 e. The van der Waals surface area contributed by atoms with E-state index in [2.05, 4.69) is 18.3 Å². The summed E-state index contributed by atoms with van der Waals surface area (Å²) >= 11 is 1.15. The van der Waals surface area contributed by atoms with Gasteiger partial charge in [0.15, 0.2) is 5.16 Å². The monoisotopic (exact) mass is 555 g/mol. The molecule has 0 atom stereocenters. The normalized spacial score (nSPS) is 16.0. The molecule has 1 saturated carbocycles. The topological polar surface area (TPSA) is 64.0 Å². The van der Waals surface area contributed by atoms with Crippen LogP contribution in [0.5, 0.6) is 0 Å². The zero-order valence-electron chi connectivity index (χ0n) is 21.9. The number of rotatable bonds is 7. The van der Waals surface area contributed by atoms with Crippen molar-refractivity contribution < 1.29 is 18.0 Å². The molecule has 2 aliphatic carbocycles. The maximum atomic E-state index is 14.2. The molecule has 9 heteroatoms. The van der Waals surface area contributed by atoms with Crippen molar-refractivity contribution in [2.75, 3.05) is 11.1 Å². The molecule has 1 aromatic heterocycles. The number of carbonyl (C=O) groups is 1. The first-order valence-electron chi connectivity index (χ1n) is 13.6. The number of hydrogen-bond donors (Lipinski definition) is 1. The summed E-state index contributed by atoms with van der Waals surface area (Å²) in [5, 5.41) is 3.02. The third kappa shape index (κ3) is 5.64.